The third kappa shape index (κ3) is 3.97. The average molecular weight is 150 g/mol. The van der Waals surface area contributed by atoms with Gasteiger partial charge in [0.2, 0.25) is 0 Å². The van der Waals surface area contributed by atoms with Crippen molar-refractivity contribution in [1.82, 2.24) is 5.32 Å². The zero-order valence-electron chi connectivity index (χ0n) is 5.27. The first kappa shape index (κ1) is 8.43. The Hall–Kier alpha value is -0.570. The maximum Gasteiger partial charge on any atom is 0.309 e. The van der Waals surface area contributed by atoms with Gasteiger partial charge in [0.1, 0.15) is 0 Å². The molecule has 0 spiro atoms. The van der Waals surface area contributed by atoms with Crippen molar-refractivity contribution in [2.24, 2.45) is 0 Å². The maximum absolute atomic E-state index is 10.4. The van der Waals surface area contributed by atoms with Gasteiger partial charge in [0.15, 0.2) is 0 Å². The first-order chi connectivity index (χ1) is 4.04. The van der Waals surface area contributed by atoms with Gasteiger partial charge in [-0.3, -0.25) is 9.59 Å². The Balaban J connectivity index is 3.65. The molecule has 0 saturated heterocycles. The maximum atomic E-state index is 10.4. The van der Waals surface area contributed by atoms with Gasteiger partial charge in [-0.05, 0) is 25.4 Å². The molecule has 0 saturated carbocycles. The number of amides is 1. The van der Waals surface area contributed by atoms with E-state index >= 15 is 0 Å². The number of hydrogen-bond acceptors (Lipinski definition) is 2. The van der Waals surface area contributed by atoms with Crippen molar-refractivity contribution in [3.05, 3.63) is 0 Å². The van der Waals surface area contributed by atoms with Gasteiger partial charge in [-0.1, -0.05) is 0 Å². The number of carbonyl (C=O) groups is 2. The Bertz CT molecular complexity index is 133. The molecule has 0 heterocycles. The van der Waals surface area contributed by atoms with Crippen molar-refractivity contribution in [3.63, 3.8) is 0 Å². The standard InChI is InChI=1S/C5H8ClNO2/c1-3(2)7-5(9)4(6)8/h3H,1-2H3,(H,7,9). The summed E-state index contributed by atoms with van der Waals surface area (Å²) in [6, 6.07) is -0.0415. The first-order valence-electron chi connectivity index (χ1n) is 2.54. The van der Waals surface area contributed by atoms with E-state index in [1.807, 2.05) is 0 Å². The van der Waals surface area contributed by atoms with Gasteiger partial charge in [-0.2, -0.15) is 0 Å². The predicted octanol–water partition coefficient (Wildman–Crippen LogP) is 0.276. The number of hydrogen-bond donors (Lipinski definition) is 1. The molecule has 9 heavy (non-hydrogen) atoms. The summed E-state index contributed by atoms with van der Waals surface area (Å²) in [6.45, 7) is 3.50. The van der Waals surface area contributed by atoms with Crippen LogP contribution >= 0.6 is 11.6 Å². The van der Waals surface area contributed by atoms with Gasteiger partial charge in [-0.25, -0.2) is 0 Å². The Kier molecular flexibility index (Phi) is 3.24. The second-order valence-corrected chi connectivity index (χ2v) is 2.25. The summed E-state index contributed by atoms with van der Waals surface area (Å²) >= 11 is 4.82. The molecule has 0 bridgehead atoms. The van der Waals surface area contributed by atoms with Crippen LogP contribution in [0.4, 0.5) is 0 Å². The molecule has 0 aliphatic heterocycles. The van der Waals surface area contributed by atoms with E-state index in [0.29, 0.717) is 0 Å². The molecule has 0 atom stereocenters. The van der Waals surface area contributed by atoms with Crippen LogP contribution in [0, 0.1) is 0 Å². The van der Waals surface area contributed by atoms with Crippen LogP contribution < -0.4 is 5.32 Å². The van der Waals surface area contributed by atoms with Crippen LogP contribution in [0.15, 0.2) is 0 Å². The number of halogens is 1. The van der Waals surface area contributed by atoms with Crippen molar-refractivity contribution in [2.45, 2.75) is 19.9 Å². The zero-order chi connectivity index (χ0) is 7.44. The molecular weight excluding hydrogens is 142 g/mol. The lowest BCUT2D eigenvalue weighted by Gasteiger charge is -2.02. The van der Waals surface area contributed by atoms with Crippen molar-refractivity contribution in [2.75, 3.05) is 0 Å². The summed E-state index contributed by atoms with van der Waals surface area (Å²) in [6.07, 6.45) is 0. The molecule has 0 unspecified atom stereocenters. The second-order valence-electron chi connectivity index (χ2n) is 1.90. The van der Waals surface area contributed by atoms with E-state index in [-0.39, 0.29) is 6.04 Å². The SMILES string of the molecule is CC(C)NC(=O)C(=O)Cl. The van der Waals surface area contributed by atoms with Crippen LogP contribution in [-0.4, -0.2) is 17.2 Å². The fourth-order valence-electron chi connectivity index (χ4n) is 0.319. The van der Waals surface area contributed by atoms with Gasteiger partial charge >= 0.3 is 11.1 Å². The smallest absolute Gasteiger partial charge is 0.309 e. The van der Waals surface area contributed by atoms with Gasteiger partial charge in [0.25, 0.3) is 0 Å². The van der Waals surface area contributed by atoms with E-state index in [2.05, 4.69) is 5.32 Å². The lowest BCUT2D eigenvalue weighted by Crippen LogP contribution is -2.33. The van der Waals surface area contributed by atoms with Crippen LogP contribution in [0.5, 0.6) is 0 Å². The van der Waals surface area contributed by atoms with Crippen LogP contribution in [0.25, 0.3) is 0 Å². The summed E-state index contributed by atoms with van der Waals surface area (Å²) in [5.41, 5.74) is 0. The molecule has 1 amide bonds. The van der Waals surface area contributed by atoms with Crippen LogP contribution in [0.3, 0.4) is 0 Å². The molecular formula is C5H8ClNO2. The lowest BCUT2D eigenvalue weighted by molar-refractivity contribution is -0.133. The van der Waals surface area contributed by atoms with Gasteiger partial charge in [0, 0.05) is 6.04 Å². The van der Waals surface area contributed by atoms with Gasteiger partial charge in [-0.15, -0.1) is 0 Å². The van der Waals surface area contributed by atoms with Crippen LogP contribution in [0.2, 0.25) is 0 Å². The summed E-state index contributed by atoms with van der Waals surface area (Å²) in [5, 5.41) is 1.35. The number of carbonyl (C=O) groups excluding carboxylic acids is 2. The topological polar surface area (TPSA) is 46.2 Å². The molecule has 1 N–H and O–H groups in total. The van der Waals surface area contributed by atoms with Crippen molar-refractivity contribution in [3.8, 4) is 0 Å². The normalized spacial score (nSPS) is 9.33. The molecule has 0 fully saturated rings. The first-order valence-corrected chi connectivity index (χ1v) is 2.92. The minimum absolute atomic E-state index is 0.0415. The molecule has 0 radical (unpaired) electrons. The molecule has 0 aliphatic carbocycles. The van der Waals surface area contributed by atoms with E-state index < -0.39 is 11.1 Å². The minimum Gasteiger partial charge on any atom is -0.346 e. The monoisotopic (exact) mass is 149 g/mol. The molecule has 0 aromatic heterocycles. The van der Waals surface area contributed by atoms with Crippen molar-refractivity contribution >= 4 is 22.8 Å². The predicted molar refractivity (Wildman–Crippen MR) is 34.1 cm³/mol. The quantitative estimate of drug-likeness (QED) is 0.453. The fourth-order valence-corrected chi connectivity index (χ4v) is 0.373. The number of rotatable bonds is 2. The molecule has 3 nitrogen and oxygen atoms in total. The molecule has 52 valence electrons. The van der Waals surface area contributed by atoms with Gasteiger partial charge < -0.3 is 5.32 Å². The number of nitrogens with one attached hydrogen (secondary N) is 1. The highest BCUT2D eigenvalue weighted by molar-refractivity contribution is 6.80. The van der Waals surface area contributed by atoms with Crippen molar-refractivity contribution in [1.29, 1.82) is 0 Å². The summed E-state index contributed by atoms with van der Waals surface area (Å²) < 4.78 is 0. The van der Waals surface area contributed by atoms with Gasteiger partial charge in [0.05, 0.1) is 0 Å². The molecule has 0 rings (SSSR count). The highest BCUT2D eigenvalue weighted by Crippen LogP contribution is 1.82. The third-order valence-electron chi connectivity index (χ3n) is 0.598. The van der Waals surface area contributed by atoms with E-state index in [1.165, 1.54) is 0 Å². The van der Waals surface area contributed by atoms with E-state index in [1.54, 1.807) is 13.8 Å². The van der Waals surface area contributed by atoms with Crippen molar-refractivity contribution < 1.29 is 9.59 Å². The molecule has 4 heteroatoms. The Labute approximate surface area is 58.4 Å². The average Bonchev–Trinajstić information content (AvgIpc) is 1.63. The highest BCUT2D eigenvalue weighted by Gasteiger charge is 2.09. The van der Waals surface area contributed by atoms with Crippen LogP contribution in [-0.2, 0) is 9.59 Å². The lowest BCUT2D eigenvalue weighted by atomic mass is 10.4. The van der Waals surface area contributed by atoms with Crippen LogP contribution in [0.1, 0.15) is 13.8 Å². The summed E-state index contributed by atoms with van der Waals surface area (Å²) in [4.78, 5) is 20.4. The zero-order valence-corrected chi connectivity index (χ0v) is 6.03. The molecule has 0 aromatic rings. The Morgan fingerprint density at radius 3 is 2.00 bits per heavy atom. The van der Waals surface area contributed by atoms with E-state index in [4.69, 9.17) is 11.6 Å². The fraction of sp³-hybridized carbons (Fsp3) is 0.600. The summed E-state index contributed by atoms with van der Waals surface area (Å²) in [7, 11) is 0. The Morgan fingerprint density at radius 1 is 1.44 bits per heavy atom. The molecule has 0 aliphatic rings. The molecule has 0 aromatic carbocycles. The second kappa shape index (κ2) is 3.45. The summed E-state index contributed by atoms with van der Waals surface area (Å²) in [5.74, 6) is -0.744. The van der Waals surface area contributed by atoms with E-state index in [0.717, 1.165) is 0 Å². The Morgan fingerprint density at radius 2 is 1.89 bits per heavy atom. The minimum atomic E-state index is -0.969. The third-order valence-corrected chi connectivity index (χ3v) is 0.770. The highest BCUT2D eigenvalue weighted by atomic mass is 35.5. The van der Waals surface area contributed by atoms with E-state index in [9.17, 15) is 9.59 Å². The largest absolute Gasteiger partial charge is 0.346 e.